The lowest BCUT2D eigenvalue weighted by Crippen LogP contribution is -2.37. The van der Waals surface area contributed by atoms with Crippen molar-refractivity contribution in [2.24, 2.45) is 0 Å². The molecule has 2 heterocycles. The molecular formula is C28H34O4. The minimum Gasteiger partial charge on any atom is -0.507 e. The Labute approximate surface area is 191 Å². The standard InChI is InChI=1S/C28H34O4/c1-17(2)19-10-7-18(8-11-19)9-12-22(29)23-24(30)20-13-15-27(3,4)31-25(20)21-14-16-28(5,6)32-26(21)23/h7-12,17,30H,13-16H2,1-6H3/b12-9+. The van der Waals surface area contributed by atoms with Gasteiger partial charge in [-0.2, -0.15) is 0 Å². The van der Waals surface area contributed by atoms with Crippen LogP contribution in [0.5, 0.6) is 17.2 Å². The lowest BCUT2D eigenvalue weighted by Gasteiger charge is -2.39. The van der Waals surface area contributed by atoms with Crippen LogP contribution in [0.3, 0.4) is 0 Å². The van der Waals surface area contributed by atoms with Gasteiger partial charge in [0.15, 0.2) is 5.78 Å². The number of ketones is 1. The van der Waals surface area contributed by atoms with Gasteiger partial charge in [0.25, 0.3) is 0 Å². The van der Waals surface area contributed by atoms with E-state index in [4.69, 9.17) is 9.47 Å². The van der Waals surface area contributed by atoms with Crippen molar-refractivity contribution in [3.8, 4) is 17.2 Å². The minimum absolute atomic E-state index is 0.00300. The third-order valence-corrected chi connectivity index (χ3v) is 6.56. The van der Waals surface area contributed by atoms with Gasteiger partial charge < -0.3 is 14.6 Å². The summed E-state index contributed by atoms with van der Waals surface area (Å²) in [5, 5.41) is 11.2. The monoisotopic (exact) mass is 434 g/mol. The van der Waals surface area contributed by atoms with Gasteiger partial charge in [-0.25, -0.2) is 0 Å². The SMILES string of the molecule is CC(C)c1ccc(/C=C/C(=O)c2c(O)c3c(c4c2OC(C)(C)CC4)OC(C)(C)CC3)cc1. The highest BCUT2D eigenvalue weighted by molar-refractivity contribution is 6.11. The summed E-state index contributed by atoms with van der Waals surface area (Å²) in [4.78, 5) is 13.3. The summed E-state index contributed by atoms with van der Waals surface area (Å²) in [6, 6.07) is 8.18. The molecule has 1 N–H and O–H groups in total. The third-order valence-electron chi connectivity index (χ3n) is 6.56. The summed E-state index contributed by atoms with van der Waals surface area (Å²) >= 11 is 0. The molecule has 2 aliphatic rings. The zero-order valence-electron chi connectivity index (χ0n) is 20.0. The van der Waals surface area contributed by atoms with Crippen LogP contribution < -0.4 is 9.47 Å². The van der Waals surface area contributed by atoms with Crippen LogP contribution in [0, 0.1) is 0 Å². The molecule has 32 heavy (non-hydrogen) atoms. The van der Waals surface area contributed by atoms with Crippen LogP contribution in [0.1, 0.15) is 92.9 Å². The number of carbonyl (C=O) groups excluding carboxylic acids is 1. The Morgan fingerprint density at radius 3 is 2.09 bits per heavy atom. The zero-order valence-corrected chi connectivity index (χ0v) is 20.0. The predicted molar refractivity (Wildman–Crippen MR) is 128 cm³/mol. The summed E-state index contributed by atoms with van der Waals surface area (Å²) in [5.41, 5.74) is 3.36. The van der Waals surface area contributed by atoms with Crippen LogP contribution in [-0.4, -0.2) is 22.1 Å². The number of hydrogen-bond donors (Lipinski definition) is 1. The van der Waals surface area contributed by atoms with E-state index in [1.54, 1.807) is 6.08 Å². The Bertz CT molecular complexity index is 1070. The first-order valence-corrected chi connectivity index (χ1v) is 11.6. The second-order valence-corrected chi connectivity index (χ2v) is 10.6. The minimum atomic E-state index is -0.413. The van der Waals surface area contributed by atoms with Crippen LogP contribution in [0.15, 0.2) is 30.3 Å². The van der Waals surface area contributed by atoms with Crippen molar-refractivity contribution in [1.29, 1.82) is 0 Å². The molecule has 2 aliphatic heterocycles. The maximum atomic E-state index is 13.3. The van der Waals surface area contributed by atoms with E-state index in [-0.39, 0.29) is 22.7 Å². The van der Waals surface area contributed by atoms with Crippen LogP contribution in [0.4, 0.5) is 0 Å². The van der Waals surface area contributed by atoms with Gasteiger partial charge in [0.05, 0.1) is 0 Å². The van der Waals surface area contributed by atoms with Gasteiger partial charge in [0, 0.05) is 11.1 Å². The molecule has 2 aromatic carbocycles. The lowest BCUT2D eigenvalue weighted by atomic mass is 9.84. The van der Waals surface area contributed by atoms with Gasteiger partial charge in [0.2, 0.25) is 0 Å². The first-order valence-electron chi connectivity index (χ1n) is 11.6. The first kappa shape index (κ1) is 22.4. The molecule has 0 fully saturated rings. The van der Waals surface area contributed by atoms with E-state index in [0.29, 0.717) is 23.8 Å². The van der Waals surface area contributed by atoms with Gasteiger partial charge in [-0.15, -0.1) is 0 Å². The molecule has 0 unspecified atom stereocenters. The summed E-state index contributed by atoms with van der Waals surface area (Å²) in [5.74, 6) is 1.38. The smallest absolute Gasteiger partial charge is 0.193 e. The lowest BCUT2D eigenvalue weighted by molar-refractivity contribution is 0.0643. The van der Waals surface area contributed by atoms with E-state index < -0.39 is 5.60 Å². The van der Waals surface area contributed by atoms with E-state index >= 15 is 0 Å². The van der Waals surface area contributed by atoms with Gasteiger partial charge in [-0.1, -0.05) is 44.2 Å². The zero-order chi connectivity index (χ0) is 23.3. The molecule has 0 spiro atoms. The largest absolute Gasteiger partial charge is 0.507 e. The van der Waals surface area contributed by atoms with Crippen LogP contribution in [0.2, 0.25) is 0 Å². The fraction of sp³-hybridized carbons (Fsp3) is 0.464. The van der Waals surface area contributed by atoms with Crippen molar-refractivity contribution < 1.29 is 19.4 Å². The molecule has 0 radical (unpaired) electrons. The number of allylic oxidation sites excluding steroid dienone is 1. The van der Waals surface area contributed by atoms with E-state index in [1.807, 2.05) is 26.0 Å². The number of hydrogen-bond acceptors (Lipinski definition) is 4. The van der Waals surface area contributed by atoms with Crippen molar-refractivity contribution in [2.45, 2.75) is 84.3 Å². The van der Waals surface area contributed by atoms with Gasteiger partial charge in [0.1, 0.15) is 34.0 Å². The molecule has 4 rings (SSSR count). The van der Waals surface area contributed by atoms with Gasteiger partial charge in [-0.3, -0.25) is 4.79 Å². The van der Waals surface area contributed by atoms with Crippen molar-refractivity contribution in [1.82, 2.24) is 0 Å². The summed E-state index contributed by atoms with van der Waals surface area (Å²) in [6.07, 6.45) is 6.36. The average Bonchev–Trinajstić information content (AvgIpc) is 2.71. The van der Waals surface area contributed by atoms with Crippen LogP contribution in [0.25, 0.3) is 6.08 Å². The Kier molecular flexibility index (Phi) is 5.60. The van der Waals surface area contributed by atoms with Crippen LogP contribution >= 0.6 is 0 Å². The normalized spacial score (nSPS) is 18.6. The molecule has 0 amide bonds. The Hall–Kier alpha value is -2.75. The first-order chi connectivity index (χ1) is 15.0. The third kappa shape index (κ3) is 4.28. The van der Waals surface area contributed by atoms with E-state index in [9.17, 15) is 9.90 Å². The maximum Gasteiger partial charge on any atom is 0.193 e. The van der Waals surface area contributed by atoms with Gasteiger partial charge >= 0.3 is 0 Å². The molecular weight excluding hydrogens is 400 g/mol. The summed E-state index contributed by atoms with van der Waals surface area (Å²) in [6.45, 7) is 12.4. The summed E-state index contributed by atoms with van der Waals surface area (Å²) < 4.78 is 12.6. The highest BCUT2D eigenvalue weighted by Gasteiger charge is 2.39. The Morgan fingerprint density at radius 1 is 0.938 bits per heavy atom. The molecule has 0 atom stereocenters. The Balaban J connectivity index is 1.75. The molecule has 170 valence electrons. The molecule has 0 saturated carbocycles. The fourth-order valence-corrected chi connectivity index (χ4v) is 4.48. The van der Waals surface area contributed by atoms with E-state index in [1.165, 1.54) is 11.6 Å². The molecule has 2 aromatic rings. The molecule has 0 aromatic heterocycles. The maximum absolute atomic E-state index is 13.3. The molecule has 0 aliphatic carbocycles. The average molecular weight is 435 g/mol. The number of fused-ring (bicyclic) bond motifs is 3. The highest BCUT2D eigenvalue weighted by Crippen LogP contribution is 2.51. The number of benzene rings is 2. The second kappa shape index (κ2) is 7.99. The van der Waals surface area contributed by atoms with Crippen molar-refractivity contribution in [3.05, 3.63) is 58.2 Å². The van der Waals surface area contributed by atoms with Gasteiger partial charge in [-0.05, 0) is 76.5 Å². The molecule has 4 heteroatoms. The van der Waals surface area contributed by atoms with E-state index in [2.05, 4.69) is 39.8 Å². The van der Waals surface area contributed by atoms with Crippen molar-refractivity contribution in [3.63, 3.8) is 0 Å². The fourth-order valence-electron chi connectivity index (χ4n) is 4.48. The number of aromatic hydroxyl groups is 1. The quantitative estimate of drug-likeness (QED) is 0.434. The summed E-state index contributed by atoms with van der Waals surface area (Å²) in [7, 11) is 0. The number of carbonyl (C=O) groups is 1. The topological polar surface area (TPSA) is 55.8 Å². The number of ether oxygens (including phenoxy) is 2. The van der Waals surface area contributed by atoms with E-state index in [0.717, 1.165) is 36.0 Å². The highest BCUT2D eigenvalue weighted by atomic mass is 16.5. The number of rotatable bonds is 4. The number of phenolic OH excluding ortho intramolecular Hbond substituents is 1. The van der Waals surface area contributed by atoms with Crippen molar-refractivity contribution in [2.75, 3.05) is 0 Å². The number of phenols is 1. The second-order valence-electron chi connectivity index (χ2n) is 10.6. The van der Waals surface area contributed by atoms with Crippen molar-refractivity contribution >= 4 is 11.9 Å². The molecule has 0 bridgehead atoms. The Morgan fingerprint density at radius 2 is 1.50 bits per heavy atom. The molecule has 4 nitrogen and oxygen atoms in total. The van der Waals surface area contributed by atoms with Crippen LogP contribution in [-0.2, 0) is 12.8 Å². The predicted octanol–water partition coefficient (Wildman–Crippen LogP) is 6.62. The molecule has 0 saturated heterocycles.